The normalized spacial score (nSPS) is 10.9. The van der Waals surface area contributed by atoms with Crippen molar-refractivity contribution < 1.29 is 9.59 Å². The van der Waals surface area contributed by atoms with Gasteiger partial charge in [-0.25, -0.2) is 0 Å². The van der Waals surface area contributed by atoms with Crippen LogP contribution in [0.1, 0.15) is 29.4 Å². The molecule has 6 nitrogen and oxygen atoms in total. The molecule has 2 amide bonds. The van der Waals surface area contributed by atoms with Gasteiger partial charge in [-0.2, -0.15) is 5.10 Å². The summed E-state index contributed by atoms with van der Waals surface area (Å²) in [5, 5.41) is 9.71. The Morgan fingerprint density at radius 2 is 1.96 bits per heavy atom. The highest BCUT2D eigenvalue weighted by atomic mass is 16.2. The standard InChI is InChI=1S/C19H24N4O2/c1-5-15-8-6-7-9-17(15)21-19(25)12-20-18(24)11-10-16-13(2)22-23(4)14(16)3/h6-11H,5,12H2,1-4H3,(H,20,24)(H,21,25)/b11-10+. The first-order valence-electron chi connectivity index (χ1n) is 8.26. The second-order valence-corrected chi connectivity index (χ2v) is 5.82. The average molecular weight is 340 g/mol. The Kier molecular flexibility index (Phi) is 6.11. The number of carbonyl (C=O) groups is 2. The van der Waals surface area contributed by atoms with Gasteiger partial charge >= 0.3 is 0 Å². The van der Waals surface area contributed by atoms with Crippen molar-refractivity contribution in [3.8, 4) is 0 Å². The highest BCUT2D eigenvalue weighted by Gasteiger charge is 2.08. The molecule has 25 heavy (non-hydrogen) atoms. The fourth-order valence-corrected chi connectivity index (χ4v) is 2.56. The summed E-state index contributed by atoms with van der Waals surface area (Å²) in [5.41, 5.74) is 4.60. The van der Waals surface area contributed by atoms with Gasteiger partial charge in [0.15, 0.2) is 0 Å². The van der Waals surface area contributed by atoms with Crippen molar-refractivity contribution in [2.75, 3.05) is 11.9 Å². The van der Waals surface area contributed by atoms with Gasteiger partial charge in [0.25, 0.3) is 0 Å². The van der Waals surface area contributed by atoms with E-state index in [2.05, 4.69) is 15.7 Å². The molecule has 0 saturated heterocycles. The summed E-state index contributed by atoms with van der Waals surface area (Å²) in [7, 11) is 1.86. The third-order valence-electron chi connectivity index (χ3n) is 4.06. The van der Waals surface area contributed by atoms with Crippen LogP contribution in [0.5, 0.6) is 0 Å². The maximum Gasteiger partial charge on any atom is 0.244 e. The fourth-order valence-electron chi connectivity index (χ4n) is 2.56. The summed E-state index contributed by atoms with van der Waals surface area (Å²) in [5.74, 6) is -0.571. The van der Waals surface area contributed by atoms with E-state index in [0.717, 1.165) is 34.6 Å². The number of carbonyl (C=O) groups excluding carboxylic acids is 2. The zero-order chi connectivity index (χ0) is 18.4. The van der Waals surface area contributed by atoms with E-state index in [9.17, 15) is 9.59 Å². The summed E-state index contributed by atoms with van der Waals surface area (Å²) in [6.07, 6.45) is 3.97. The number of anilines is 1. The number of nitrogens with one attached hydrogen (secondary N) is 2. The lowest BCUT2D eigenvalue weighted by Crippen LogP contribution is -2.31. The van der Waals surface area contributed by atoms with E-state index < -0.39 is 0 Å². The van der Waals surface area contributed by atoms with E-state index in [0.29, 0.717) is 0 Å². The highest BCUT2D eigenvalue weighted by molar-refractivity contribution is 5.98. The van der Waals surface area contributed by atoms with Crippen LogP contribution in [0.2, 0.25) is 0 Å². The minimum atomic E-state index is -0.318. The van der Waals surface area contributed by atoms with Crippen LogP contribution in [0.15, 0.2) is 30.3 Å². The lowest BCUT2D eigenvalue weighted by atomic mass is 10.1. The molecular formula is C19H24N4O2. The number of rotatable bonds is 6. The van der Waals surface area contributed by atoms with Gasteiger partial charge in [-0.15, -0.1) is 0 Å². The Labute approximate surface area is 147 Å². The maximum absolute atomic E-state index is 12.0. The molecule has 0 saturated carbocycles. The zero-order valence-electron chi connectivity index (χ0n) is 15.1. The Bertz CT molecular complexity index is 806. The third kappa shape index (κ3) is 4.79. The molecule has 0 bridgehead atoms. The van der Waals surface area contributed by atoms with Crippen molar-refractivity contribution in [2.45, 2.75) is 27.2 Å². The Balaban J connectivity index is 1.89. The van der Waals surface area contributed by atoms with Gasteiger partial charge in [0.05, 0.1) is 12.2 Å². The number of aryl methyl sites for hydroxylation is 3. The van der Waals surface area contributed by atoms with E-state index in [1.54, 1.807) is 10.8 Å². The third-order valence-corrected chi connectivity index (χ3v) is 4.06. The summed E-state index contributed by atoms with van der Waals surface area (Å²) in [6.45, 7) is 5.78. The Morgan fingerprint density at radius 1 is 1.24 bits per heavy atom. The lowest BCUT2D eigenvalue weighted by Gasteiger charge is -2.09. The molecule has 0 aliphatic carbocycles. The van der Waals surface area contributed by atoms with Crippen molar-refractivity contribution in [1.82, 2.24) is 15.1 Å². The quantitative estimate of drug-likeness (QED) is 0.793. The van der Waals surface area contributed by atoms with E-state index in [4.69, 9.17) is 0 Å². The smallest absolute Gasteiger partial charge is 0.244 e. The molecule has 1 heterocycles. The molecule has 6 heteroatoms. The van der Waals surface area contributed by atoms with Crippen LogP contribution in [-0.2, 0) is 23.1 Å². The molecule has 1 aromatic carbocycles. The summed E-state index contributed by atoms with van der Waals surface area (Å²) in [4.78, 5) is 23.9. The zero-order valence-corrected chi connectivity index (χ0v) is 15.1. The molecule has 0 atom stereocenters. The predicted octanol–water partition coefficient (Wildman–Crippen LogP) is 2.37. The minimum absolute atomic E-state index is 0.0772. The van der Waals surface area contributed by atoms with Gasteiger partial charge in [-0.1, -0.05) is 25.1 Å². The van der Waals surface area contributed by atoms with Gasteiger partial charge in [0, 0.05) is 30.1 Å². The van der Waals surface area contributed by atoms with Gasteiger partial charge < -0.3 is 10.6 Å². The molecule has 0 spiro atoms. The van der Waals surface area contributed by atoms with E-state index in [-0.39, 0.29) is 18.4 Å². The number of amides is 2. The molecule has 0 aliphatic rings. The number of aromatic nitrogens is 2. The number of hydrogen-bond acceptors (Lipinski definition) is 3. The first kappa shape index (κ1) is 18.4. The average Bonchev–Trinajstić information content (AvgIpc) is 2.84. The first-order chi connectivity index (χ1) is 11.9. The first-order valence-corrected chi connectivity index (χ1v) is 8.26. The maximum atomic E-state index is 12.0. The Morgan fingerprint density at radius 3 is 2.60 bits per heavy atom. The largest absolute Gasteiger partial charge is 0.343 e. The monoisotopic (exact) mass is 340 g/mol. The predicted molar refractivity (Wildman–Crippen MR) is 99.2 cm³/mol. The van der Waals surface area contributed by atoms with Crippen LogP contribution in [0.4, 0.5) is 5.69 Å². The van der Waals surface area contributed by atoms with Crippen molar-refractivity contribution in [2.24, 2.45) is 7.05 Å². The lowest BCUT2D eigenvalue weighted by molar-refractivity contribution is -0.121. The van der Waals surface area contributed by atoms with Crippen LogP contribution in [0.25, 0.3) is 6.08 Å². The molecule has 0 fully saturated rings. The van der Waals surface area contributed by atoms with Crippen LogP contribution in [0.3, 0.4) is 0 Å². The van der Waals surface area contributed by atoms with Crippen LogP contribution in [-0.4, -0.2) is 28.1 Å². The SMILES string of the molecule is CCc1ccccc1NC(=O)CNC(=O)/C=C/c1c(C)nn(C)c1C. The van der Waals surface area contributed by atoms with E-state index in [1.807, 2.05) is 52.1 Å². The fraction of sp³-hybridized carbons (Fsp3) is 0.316. The molecule has 132 valence electrons. The summed E-state index contributed by atoms with van der Waals surface area (Å²) >= 11 is 0. The molecule has 1 aromatic heterocycles. The van der Waals surface area contributed by atoms with Crippen LogP contribution >= 0.6 is 0 Å². The highest BCUT2D eigenvalue weighted by Crippen LogP contribution is 2.15. The van der Waals surface area contributed by atoms with Gasteiger partial charge in [-0.3, -0.25) is 14.3 Å². The van der Waals surface area contributed by atoms with Crippen molar-refractivity contribution >= 4 is 23.6 Å². The van der Waals surface area contributed by atoms with Crippen molar-refractivity contribution in [3.63, 3.8) is 0 Å². The number of para-hydroxylation sites is 1. The molecule has 0 aliphatic heterocycles. The molecular weight excluding hydrogens is 316 g/mol. The van der Waals surface area contributed by atoms with Crippen LogP contribution in [0, 0.1) is 13.8 Å². The number of nitrogens with zero attached hydrogens (tertiary/aromatic N) is 2. The number of benzene rings is 1. The second kappa shape index (κ2) is 8.28. The van der Waals surface area contributed by atoms with Gasteiger partial charge in [-0.05, 0) is 38.0 Å². The molecule has 0 radical (unpaired) electrons. The molecule has 2 N–H and O–H groups in total. The van der Waals surface area contributed by atoms with E-state index in [1.165, 1.54) is 6.08 Å². The van der Waals surface area contributed by atoms with Gasteiger partial charge in [0.2, 0.25) is 11.8 Å². The molecule has 0 unspecified atom stereocenters. The summed E-state index contributed by atoms with van der Waals surface area (Å²) < 4.78 is 1.77. The Hall–Kier alpha value is -2.89. The van der Waals surface area contributed by atoms with Crippen molar-refractivity contribution in [1.29, 1.82) is 0 Å². The topological polar surface area (TPSA) is 76.0 Å². The van der Waals surface area contributed by atoms with E-state index >= 15 is 0 Å². The van der Waals surface area contributed by atoms with Crippen molar-refractivity contribution in [3.05, 3.63) is 52.9 Å². The van der Waals surface area contributed by atoms with Crippen LogP contribution < -0.4 is 10.6 Å². The molecule has 2 rings (SSSR count). The number of hydrogen-bond donors (Lipinski definition) is 2. The summed E-state index contributed by atoms with van der Waals surface area (Å²) in [6, 6.07) is 7.63. The van der Waals surface area contributed by atoms with Gasteiger partial charge in [0.1, 0.15) is 0 Å². The minimum Gasteiger partial charge on any atom is -0.343 e. The second-order valence-electron chi connectivity index (χ2n) is 5.82. The molecule has 2 aromatic rings.